The normalized spacial score (nSPS) is 10.4. The molecule has 32 heavy (non-hydrogen) atoms. The molecule has 0 fully saturated rings. The molecule has 0 aliphatic carbocycles. The molecule has 1 heterocycles. The van der Waals surface area contributed by atoms with Crippen LogP contribution in [0.4, 0.5) is 15.5 Å². The molecule has 0 saturated carbocycles. The summed E-state index contributed by atoms with van der Waals surface area (Å²) in [7, 11) is 3.92. The zero-order valence-electron chi connectivity index (χ0n) is 18.0. The van der Waals surface area contributed by atoms with Gasteiger partial charge < -0.3 is 15.1 Å². The van der Waals surface area contributed by atoms with Crippen molar-refractivity contribution in [1.29, 1.82) is 5.26 Å². The van der Waals surface area contributed by atoms with Crippen LogP contribution >= 0.6 is 11.3 Å². The molecule has 3 aromatic rings. The highest BCUT2D eigenvalue weighted by Gasteiger charge is 2.19. The van der Waals surface area contributed by atoms with E-state index in [2.05, 4.69) is 16.7 Å². The summed E-state index contributed by atoms with van der Waals surface area (Å²) < 4.78 is 0. The Bertz CT molecular complexity index is 1090. The van der Waals surface area contributed by atoms with Gasteiger partial charge >= 0.3 is 6.03 Å². The molecule has 0 unspecified atom stereocenters. The maximum Gasteiger partial charge on any atom is 0.324 e. The average Bonchev–Trinajstić information content (AvgIpc) is 3.25. The Morgan fingerprint density at radius 1 is 0.938 bits per heavy atom. The number of urea groups is 1. The Hall–Kier alpha value is -3.67. The number of anilines is 2. The lowest BCUT2D eigenvalue weighted by Crippen LogP contribution is -2.35. The molecule has 8 heteroatoms. The summed E-state index contributed by atoms with van der Waals surface area (Å²) in [6, 6.07) is 21.6. The average molecular weight is 448 g/mol. The highest BCUT2D eigenvalue weighted by molar-refractivity contribution is 7.18. The monoisotopic (exact) mass is 447 g/mol. The van der Waals surface area contributed by atoms with Crippen LogP contribution in [0.2, 0.25) is 0 Å². The minimum Gasteiger partial charge on any atom is -0.332 e. The third-order valence-electron chi connectivity index (χ3n) is 4.65. The van der Waals surface area contributed by atoms with Crippen molar-refractivity contribution in [1.82, 2.24) is 9.80 Å². The lowest BCUT2D eigenvalue weighted by molar-refractivity contribution is 0.0737. The molecular weight excluding hydrogens is 422 g/mol. The first-order chi connectivity index (χ1) is 15.4. The van der Waals surface area contributed by atoms with E-state index in [9.17, 15) is 9.59 Å². The van der Waals surface area contributed by atoms with Crippen LogP contribution in [0, 0.1) is 11.3 Å². The molecule has 0 bridgehead atoms. The van der Waals surface area contributed by atoms with Crippen molar-refractivity contribution in [3.63, 3.8) is 0 Å². The van der Waals surface area contributed by atoms with E-state index in [1.165, 1.54) is 11.3 Å². The fraction of sp³-hybridized carbons (Fsp3) is 0.208. The van der Waals surface area contributed by atoms with Crippen molar-refractivity contribution in [3.05, 3.63) is 82.7 Å². The molecule has 0 aliphatic rings. The number of para-hydroxylation sites is 1. The van der Waals surface area contributed by atoms with E-state index < -0.39 is 0 Å². The van der Waals surface area contributed by atoms with Gasteiger partial charge in [-0.05, 0) is 56.1 Å². The quantitative estimate of drug-likeness (QED) is 0.533. The number of rotatable bonds is 8. The maximum absolute atomic E-state index is 13.2. The van der Waals surface area contributed by atoms with Crippen molar-refractivity contribution >= 4 is 34.0 Å². The van der Waals surface area contributed by atoms with Crippen molar-refractivity contribution in [2.75, 3.05) is 37.8 Å². The van der Waals surface area contributed by atoms with E-state index in [4.69, 9.17) is 5.26 Å². The number of thiophene rings is 1. The number of nitriles is 1. The number of carbonyl (C=O) groups excluding carboxylic acids is 2. The van der Waals surface area contributed by atoms with Gasteiger partial charge in [-0.25, -0.2) is 4.79 Å². The Morgan fingerprint density at radius 3 is 2.31 bits per heavy atom. The Balaban J connectivity index is 1.67. The van der Waals surface area contributed by atoms with Gasteiger partial charge in [-0.3, -0.25) is 10.1 Å². The van der Waals surface area contributed by atoms with Crippen LogP contribution < -0.4 is 10.6 Å². The van der Waals surface area contributed by atoms with Crippen LogP contribution in [0.15, 0.2) is 66.7 Å². The molecule has 0 spiro atoms. The minimum absolute atomic E-state index is 0.0993. The summed E-state index contributed by atoms with van der Waals surface area (Å²) in [5.41, 5.74) is 2.23. The first-order valence-electron chi connectivity index (χ1n) is 10.1. The van der Waals surface area contributed by atoms with E-state index in [0.717, 1.165) is 12.1 Å². The zero-order chi connectivity index (χ0) is 22.9. The molecule has 2 N–H and O–H groups in total. The van der Waals surface area contributed by atoms with Crippen molar-refractivity contribution in [2.24, 2.45) is 0 Å². The number of benzene rings is 2. The SMILES string of the molecule is CN(C)CCN(Cc1ccc(C#N)cc1)C(=O)c1ccc(NC(=O)Nc2ccccc2)s1. The van der Waals surface area contributed by atoms with Gasteiger partial charge in [0.25, 0.3) is 5.91 Å². The molecule has 1 aromatic heterocycles. The van der Waals surface area contributed by atoms with E-state index in [0.29, 0.717) is 34.2 Å². The van der Waals surface area contributed by atoms with E-state index in [1.54, 1.807) is 41.3 Å². The van der Waals surface area contributed by atoms with Gasteiger partial charge in [-0.15, -0.1) is 11.3 Å². The standard InChI is InChI=1S/C24H25N5O2S/c1-28(2)14-15-29(17-19-10-8-18(16-25)9-11-19)23(30)21-12-13-22(32-21)27-24(31)26-20-6-4-3-5-7-20/h3-13H,14-15,17H2,1-2H3,(H2,26,27,31). The van der Waals surface area contributed by atoms with Crippen molar-refractivity contribution < 1.29 is 9.59 Å². The second-order valence-corrected chi connectivity index (χ2v) is 8.53. The Kier molecular flexibility index (Phi) is 7.97. The number of carbonyl (C=O) groups is 2. The van der Waals surface area contributed by atoms with Crippen molar-refractivity contribution in [3.8, 4) is 6.07 Å². The van der Waals surface area contributed by atoms with E-state index >= 15 is 0 Å². The predicted molar refractivity (Wildman–Crippen MR) is 128 cm³/mol. The fourth-order valence-electron chi connectivity index (χ4n) is 2.95. The summed E-state index contributed by atoms with van der Waals surface area (Å²) in [5.74, 6) is -0.0993. The Labute approximate surface area is 191 Å². The molecule has 0 atom stereocenters. The number of amides is 3. The number of likely N-dealkylation sites (N-methyl/N-ethyl adjacent to an activating group) is 1. The molecule has 0 aliphatic heterocycles. The summed E-state index contributed by atoms with van der Waals surface area (Å²) in [4.78, 5) is 29.8. The number of hydrogen-bond donors (Lipinski definition) is 2. The smallest absolute Gasteiger partial charge is 0.324 e. The van der Waals surface area contributed by atoms with Crippen LogP contribution in [0.1, 0.15) is 20.8 Å². The topological polar surface area (TPSA) is 88.5 Å². The predicted octanol–water partition coefficient (Wildman–Crippen LogP) is 4.47. The molecule has 3 rings (SSSR count). The Morgan fingerprint density at radius 2 is 1.66 bits per heavy atom. The first-order valence-corrected chi connectivity index (χ1v) is 10.9. The van der Waals surface area contributed by atoms with E-state index in [1.807, 2.05) is 49.3 Å². The summed E-state index contributed by atoms with van der Waals surface area (Å²) >= 11 is 1.24. The number of hydrogen-bond acceptors (Lipinski definition) is 5. The highest BCUT2D eigenvalue weighted by Crippen LogP contribution is 2.24. The van der Waals surface area contributed by atoms with Crippen LogP contribution in [-0.4, -0.2) is 48.9 Å². The zero-order valence-corrected chi connectivity index (χ0v) is 18.9. The minimum atomic E-state index is -0.362. The van der Waals surface area contributed by atoms with Crippen LogP contribution in [0.5, 0.6) is 0 Å². The van der Waals surface area contributed by atoms with E-state index in [-0.39, 0.29) is 11.9 Å². The lowest BCUT2D eigenvalue weighted by Gasteiger charge is -2.24. The molecule has 2 aromatic carbocycles. The van der Waals surface area contributed by atoms with Gasteiger partial charge in [-0.1, -0.05) is 30.3 Å². The summed E-state index contributed by atoms with van der Waals surface area (Å²) in [5, 5.41) is 15.1. The molecule has 7 nitrogen and oxygen atoms in total. The largest absolute Gasteiger partial charge is 0.332 e. The van der Waals surface area contributed by atoms with Gasteiger partial charge in [0.2, 0.25) is 0 Å². The van der Waals surface area contributed by atoms with Crippen molar-refractivity contribution in [2.45, 2.75) is 6.54 Å². The molecule has 0 saturated heterocycles. The van der Waals surface area contributed by atoms with Gasteiger partial charge in [0.05, 0.1) is 21.5 Å². The molecule has 3 amide bonds. The molecule has 164 valence electrons. The second kappa shape index (κ2) is 11.1. The third kappa shape index (κ3) is 6.67. The molecular formula is C24H25N5O2S. The van der Waals surface area contributed by atoms with Gasteiger partial charge in [0.15, 0.2) is 0 Å². The summed E-state index contributed by atoms with van der Waals surface area (Å²) in [6.45, 7) is 1.71. The summed E-state index contributed by atoms with van der Waals surface area (Å²) in [6.07, 6.45) is 0. The van der Waals surface area contributed by atoms with Gasteiger partial charge in [0.1, 0.15) is 0 Å². The third-order valence-corrected chi connectivity index (χ3v) is 5.63. The number of nitrogens with zero attached hydrogens (tertiary/aromatic N) is 3. The highest BCUT2D eigenvalue weighted by atomic mass is 32.1. The van der Waals surface area contributed by atoms with Crippen LogP contribution in [0.25, 0.3) is 0 Å². The maximum atomic E-state index is 13.2. The second-order valence-electron chi connectivity index (χ2n) is 7.45. The lowest BCUT2D eigenvalue weighted by atomic mass is 10.1. The van der Waals surface area contributed by atoms with Gasteiger partial charge in [-0.2, -0.15) is 5.26 Å². The van der Waals surface area contributed by atoms with Gasteiger partial charge in [0, 0.05) is 25.3 Å². The molecule has 0 radical (unpaired) electrons. The fourth-order valence-corrected chi connectivity index (χ4v) is 3.82. The van der Waals surface area contributed by atoms with Crippen LogP contribution in [-0.2, 0) is 6.54 Å². The van der Waals surface area contributed by atoms with Crippen LogP contribution in [0.3, 0.4) is 0 Å². The first kappa shape index (κ1) is 23.0. The number of nitrogens with one attached hydrogen (secondary N) is 2.